The van der Waals surface area contributed by atoms with Crippen LogP contribution in [0.2, 0.25) is 0 Å². The number of carbonyl (C=O) groups is 2. The molecule has 2 fully saturated rings. The molecule has 2 aliphatic heterocycles. The number of thioether (sulfide) groups is 1. The number of β-lactam (4-membered cyclic amide) rings is 1. The van der Waals surface area contributed by atoms with Gasteiger partial charge in [-0.3, -0.25) is 14.9 Å². The van der Waals surface area contributed by atoms with Crippen LogP contribution in [0.5, 0.6) is 0 Å². The third kappa shape index (κ3) is 2.63. The third-order valence-electron chi connectivity index (χ3n) is 4.23. The van der Waals surface area contributed by atoms with Crippen LogP contribution in [-0.4, -0.2) is 43.9 Å². The highest BCUT2D eigenvalue weighted by molar-refractivity contribution is 8.01. The number of nitro benzene ring substituents is 1. The Morgan fingerprint density at radius 2 is 2.04 bits per heavy atom. The minimum Gasteiger partial charge on any atom is -0.459 e. The smallest absolute Gasteiger partial charge is 0.330 e. The molecule has 0 aliphatic carbocycles. The van der Waals surface area contributed by atoms with Gasteiger partial charge in [0.15, 0.2) is 0 Å². The number of benzene rings is 1. The molecule has 1 aromatic carbocycles. The van der Waals surface area contributed by atoms with Crippen LogP contribution in [0.25, 0.3) is 0 Å². The fraction of sp³-hybridized carbons (Fsp3) is 0.467. The number of nitrogens with zero attached hydrogens (tertiary/aromatic N) is 2. The molecular formula is C15H17N3O5S. The van der Waals surface area contributed by atoms with Gasteiger partial charge in [-0.2, -0.15) is 0 Å². The summed E-state index contributed by atoms with van der Waals surface area (Å²) >= 11 is 1.50. The average molecular weight is 351 g/mol. The van der Waals surface area contributed by atoms with Crippen molar-refractivity contribution in [3.8, 4) is 0 Å². The number of hydrogen-bond donors (Lipinski definition) is 1. The summed E-state index contributed by atoms with van der Waals surface area (Å²) in [7, 11) is 0. The minimum atomic E-state index is -0.683. The maximum absolute atomic E-state index is 12.5. The van der Waals surface area contributed by atoms with Crippen molar-refractivity contribution >= 4 is 29.3 Å². The molecular weight excluding hydrogens is 334 g/mol. The summed E-state index contributed by atoms with van der Waals surface area (Å²) in [5.41, 5.74) is 6.39. The van der Waals surface area contributed by atoms with Crippen molar-refractivity contribution in [3.05, 3.63) is 39.9 Å². The molecule has 2 heterocycles. The van der Waals surface area contributed by atoms with Gasteiger partial charge in [0.25, 0.3) is 5.69 Å². The number of fused-ring (bicyclic) bond motifs is 1. The van der Waals surface area contributed by atoms with Crippen LogP contribution in [0, 0.1) is 10.1 Å². The Hall–Kier alpha value is -2.13. The van der Waals surface area contributed by atoms with Crippen molar-refractivity contribution < 1.29 is 19.2 Å². The first-order valence-corrected chi connectivity index (χ1v) is 8.26. The maximum atomic E-state index is 12.5. The number of nitrogens with two attached hydrogens (primary N) is 1. The Bertz CT molecular complexity index is 706. The number of esters is 1. The fourth-order valence-electron chi connectivity index (χ4n) is 2.97. The van der Waals surface area contributed by atoms with Crippen LogP contribution in [0.15, 0.2) is 24.3 Å². The first-order valence-electron chi connectivity index (χ1n) is 7.38. The van der Waals surface area contributed by atoms with E-state index in [4.69, 9.17) is 10.5 Å². The second kappa shape index (κ2) is 5.75. The molecule has 2 aliphatic rings. The van der Waals surface area contributed by atoms with Crippen LogP contribution in [0.1, 0.15) is 19.4 Å². The number of rotatable bonds is 4. The normalized spacial score (nSPS) is 27.4. The summed E-state index contributed by atoms with van der Waals surface area (Å²) < 4.78 is 4.84. The molecule has 3 atom stereocenters. The number of carbonyl (C=O) groups excluding carboxylic acids is 2. The highest BCUT2D eigenvalue weighted by Crippen LogP contribution is 2.50. The topological polar surface area (TPSA) is 116 Å². The highest BCUT2D eigenvalue weighted by Gasteiger charge is 2.63. The van der Waals surface area contributed by atoms with E-state index in [9.17, 15) is 19.7 Å². The average Bonchev–Trinajstić information content (AvgIpc) is 2.81. The largest absolute Gasteiger partial charge is 0.459 e. The van der Waals surface area contributed by atoms with Crippen molar-refractivity contribution in [2.75, 3.05) is 0 Å². The first-order chi connectivity index (χ1) is 11.2. The van der Waals surface area contributed by atoms with Crippen LogP contribution in [0.4, 0.5) is 5.69 Å². The van der Waals surface area contributed by atoms with E-state index in [2.05, 4.69) is 0 Å². The lowest BCUT2D eigenvalue weighted by Gasteiger charge is -2.41. The summed E-state index contributed by atoms with van der Waals surface area (Å²) in [6.45, 7) is 3.76. The van der Waals surface area contributed by atoms with Gasteiger partial charge in [-0.05, 0) is 31.5 Å². The van der Waals surface area contributed by atoms with E-state index in [1.54, 1.807) is 0 Å². The van der Waals surface area contributed by atoms with Gasteiger partial charge in [0.1, 0.15) is 24.1 Å². The Balaban J connectivity index is 1.66. The summed E-state index contributed by atoms with van der Waals surface area (Å²) in [5.74, 6) is -0.732. The highest BCUT2D eigenvalue weighted by atomic mass is 32.2. The molecule has 128 valence electrons. The van der Waals surface area contributed by atoms with Gasteiger partial charge in [0.2, 0.25) is 5.91 Å². The van der Waals surface area contributed by atoms with E-state index in [1.165, 1.54) is 40.9 Å². The lowest BCUT2D eigenvalue weighted by atomic mass is 9.96. The van der Waals surface area contributed by atoms with Crippen molar-refractivity contribution in [1.82, 2.24) is 4.90 Å². The lowest BCUT2D eigenvalue weighted by molar-refractivity contribution is -0.384. The molecule has 0 aromatic heterocycles. The Kier molecular flexibility index (Phi) is 4.00. The van der Waals surface area contributed by atoms with Crippen LogP contribution < -0.4 is 5.73 Å². The van der Waals surface area contributed by atoms with Gasteiger partial charge in [-0.15, -0.1) is 11.8 Å². The Labute approximate surface area is 142 Å². The van der Waals surface area contributed by atoms with Crippen molar-refractivity contribution in [2.24, 2.45) is 5.73 Å². The van der Waals surface area contributed by atoms with E-state index < -0.39 is 27.7 Å². The molecule has 3 rings (SSSR count). The van der Waals surface area contributed by atoms with Gasteiger partial charge in [-0.1, -0.05) is 0 Å². The minimum absolute atomic E-state index is 0.00712. The predicted octanol–water partition coefficient (Wildman–Crippen LogP) is 1.03. The number of non-ortho nitro benzene ring substituents is 1. The third-order valence-corrected chi connectivity index (χ3v) is 5.83. The standard InChI is InChI=1S/C15H17N3O5S/c1-15(2)11(17-12(19)10(16)13(17)24-15)14(20)23-7-8-3-5-9(6-4-8)18(21)22/h3-6,10-11,13H,7,16H2,1-2H3. The molecule has 0 saturated carbocycles. The summed E-state index contributed by atoms with van der Waals surface area (Å²) in [6, 6.07) is 4.53. The maximum Gasteiger partial charge on any atom is 0.330 e. The molecule has 3 unspecified atom stereocenters. The lowest BCUT2D eigenvalue weighted by Crippen LogP contribution is -2.68. The Morgan fingerprint density at radius 3 is 2.62 bits per heavy atom. The quantitative estimate of drug-likeness (QED) is 0.373. The molecule has 0 bridgehead atoms. The second-order valence-corrected chi connectivity index (χ2v) is 8.09. The van der Waals surface area contributed by atoms with Gasteiger partial charge in [0.05, 0.1) is 4.92 Å². The number of ether oxygens (including phenoxy) is 1. The zero-order valence-electron chi connectivity index (χ0n) is 13.2. The number of hydrogen-bond acceptors (Lipinski definition) is 7. The van der Waals surface area contributed by atoms with Gasteiger partial charge in [0, 0.05) is 16.9 Å². The van der Waals surface area contributed by atoms with E-state index in [1.807, 2.05) is 13.8 Å². The first kappa shape index (κ1) is 16.7. The molecule has 9 heteroatoms. The van der Waals surface area contributed by atoms with Gasteiger partial charge in [-0.25, -0.2) is 4.79 Å². The molecule has 1 amide bonds. The molecule has 8 nitrogen and oxygen atoms in total. The zero-order chi connectivity index (χ0) is 17.6. The van der Waals surface area contributed by atoms with Crippen molar-refractivity contribution in [2.45, 2.75) is 42.7 Å². The van der Waals surface area contributed by atoms with E-state index in [0.717, 1.165) is 0 Å². The van der Waals surface area contributed by atoms with E-state index >= 15 is 0 Å². The summed E-state index contributed by atoms with van der Waals surface area (Å²) in [5, 5.41) is 10.4. The van der Waals surface area contributed by atoms with E-state index in [-0.39, 0.29) is 23.6 Å². The Morgan fingerprint density at radius 1 is 1.42 bits per heavy atom. The zero-order valence-corrected chi connectivity index (χ0v) is 14.0. The molecule has 0 spiro atoms. The second-order valence-electron chi connectivity index (χ2n) is 6.32. The SMILES string of the molecule is CC1(C)SC2C(N)C(=O)N2C1C(=O)OCc1ccc([N+](=O)[O-])cc1. The van der Waals surface area contributed by atoms with E-state index in [0.29, 0.717) is 5.56 Å². The molecule has 24 heavy (non-hydrogen) atoms. The van der Waals surface area contributed by atoms with Crippen molar-refractivity contribution in [1.29, 1.82) is 0 Å². The predicted molar refractivity (Wildman–Crippen MR) is 87.0 cm³/mol. The monoisotopic (exact) mass is 351 g/mol. The summed E-state index contributed by atoms with van der Waals surface area (Å²) in [6.07, 6.45) is 0. The van der Waals surface area contributed by atoms with Crippen LogP contribution >= 0.6 is 11.8 Å². The molecule has 1 aromatic rings. The molecule has 0 radical (unpaired) electrons. The van der Waals surface area contributed by atoms with Gasteiger partial charge < -0.3 is 15.4 Å². The van der Waals surface area contributed by atoms with Crippen LogP contribution in [-0.2, 0) is 20.9 Å². The van der Waals surface area contributed by atoms with Gasteiger partial charge >= 0.3 is 5.97 Å². The fourth-order valence-corrected chi connectivity index (χ4v) is 4.53. The molecule has 2 saturated heterocycles. The number of amides is 1. The van der Waals surface area contributed by atoms with Crippen molar-refractivity contribution in [3.63, 3.8) is 0 Å². The molecule has 2 N–H and O–H groups in total. The number of nitro groups is 1. The van der Waals surface area contributed by atoms with Crippen LogP contribution in [0.3, 0.4) is 0 Å². The summed E-state index contributed by atoms with van der Waals surface area (Å²) in [4.78, 5) is 36.0.